The lowest BCUT2D eigenvalue weighted by molar-refractivity contribution is -0.134. The van der Waals surface area contributed by atoms with Crippen molar-refractivity contribution < 1.29 is 4.79 Å². The Morgan fingerprint density at radius 1 is 1.21 bits per heavy atom. The zero-order chi connectivity index (χ0) is 20.2. The molecule has 3 aromatic rings. The van der Waals surface area contributed by atoms with Crippen molar-refractivity contribution in [2.75, 3.05) is 6.54 Å². The fourth-order valence-corrected chi connectivity index (χ4v) is 4.71. The highest BCUT2D eigenvalue weighted by atomic mass is 35.5. The molecule has 1 atom stereocenters. The second-order valence-corrected chi connectivity index (χ2v) is 8.95. The first-order chi connectivity index (χ1) is 14.1. The minimum atomic E-state index is 0.0952. The molecule has 2 aromatic heterocycles. The number of halogens is 1. The van der Waals surface area contributed by atoms with Crippen molar-refractivity contribution in [3.05, 3.63) is 80.5 Å². The third-order valence-corrected chi connectivity index (χ3v) is 6.57. The molecule has 0 radical (unpaired) electrons. The molecule has 4 rings (SSSR count). The third kappa shape index (κ3) is 4.85. The van der Waals surface area contributed by atoms with E-state index < -0.39 is 0 Å². The lowest BCUT2D eigenvalue weighted by atomic mass is 9.95. The Morgan fingerprint density at radius 2 is 2.07 bits per heavy atom. The molecule has 0 spiro atoms. The molecule has 3 heterocycles. The third-order valence-electron chi connectivity index (χ3n) is 5.38. The number of piperidine rings is 1. The van der Waals surface area contributed by atoms with E-state index in [9.17, 15) is 4.79 Å². The summed E-state index contributed by atoms with van der Waals surface area (Å²) in [5.74, 6) is 0.153. The van der Waals surface area contributed by atoms with E-state index in [2.05, 4.69) is 22.1 Å². The normalized spacial score (nSPS) is 16.8. The monoisotopic (exact) mass is 425 g/mol. The van der Waals surface area contributed by atoms with Crippen LogP contribution in [0.3, 0.4) is 0 Å². The van der Waals surface area contributed by atoms with Crippen LogP contribution in [0.25, 0.3) is 0 Å². The molecule has 1 aromatic carbocycles. The molecule has 1 fully saturated rings. The molecule has 1 unspecified atom stereocenters. The lowest BCUT2D eigenvalue weighted by Crippen LogP contribution is -2.39. The summed E-state index contributed by atoms with van der Waals surface area (Å²) < 4.78 is 0. The minimum Gasteiger partial charge on any atom is -0.335 e. The molecule has 1 amide bonds. The van der Waals surface area contributed by atoms with Gasteiger partial charge in [-0.15, -0.1) is 11.3 Å². The Bertz CT molecular complexity index is 986. The topological polar surface area (TPSA) is 46.1 Å². The standard InChI is InChI=1S/C23H24ClN3OS/c1-16-26-20(15-29-16)13-23(28)27-11-5-4-8-22(27)18-9-10-19(25-14-18)12-17-6-2-3-7-21(17)24/h2-3,6-7,9-10,14-15,22H,4-5,8,11-13H2,1H3. The van der Waals surface area contributed by atoms with Crippen molar-refractivity contribution in [3.63, 3.8) is 0 Å². The SMILES string of the molecule is Cc1nc(CC(=O)N2CCCCC2c2ccc(Cc3ccccc3Cl)nc2)cs1. The first-order valence-corrected chi connectivity index (χ1v) is 11.2. The number of likely N-dealkylation sites (tertiary alicyclic amines) is 1. The van der Waals surface area contributed by atoms with Crippen LogP contribution < -0.4 is 0 Å². The van der Waals surface area contributed by atoms with Gasteiger partial charge in [-0.05, 0) is 49.4 Å². The zero-order valence-electron chi connectivity index (χ0n) is 16.5. The van der Waals surface area contributed by atoms with Gasteiger partial charge in [0, 0.05) is 35.3 Å². The van der Waals surface area contributed by atoms with Gasteiger partial charge in [-0.25, -0.2) is 4.98 Å². The summed E-state index contributed by atoms with van der Waals surface area (Å²) in [5.41, 5.74) is 4.03. The van der Waals surface area contributed by atoms with Gasteiger partial charge in [-0.2, -0.15) is 0 Å². The van der Waals surface area contributed by atoms with Gasteiger partial charge in [0.15, 0.2) is 0 Å². The number of thiazole rings is 1. The van der Waals surface area contributed by atoms with E-state index in [-0.39, 0.29) is 11.9 Å². The molecular formula is C23H24ClN3OS. The van der Waals surface area contributed by atoms with Gasteiger partial charge in [0.2, 0.25) is 5.91 Å². The molecule has 4 nitrogen and oxygen atoms in total. The van der Waals surface area contributed by atoms with Crippen molar-refractivity contribution in [2.24, 2.45) is 0 Å². The molecule has 1 aliphatic heterocycles. The quantitative estimate of drug-likeness (QED) is 0.550. The number of benzene rings is 1. The van der Waals surface area contributed by atoms with Gasteiger partial charge < -0.3 is 4.90 Å². The van der Waals surface area contributed by atoms with Gasteiger partial charge in [0.05, 0.1) is 23.2 Å². The smallest absolute Gasteiger partial charge is 0.229 e. The first kappa shape index (κ1) is 20.0. The predicted molar refractivity (Wildman–Crippen MR) is 117 cm³/mol. The van der Waals surface area contributed by atoms with Crippen molar-refractivity contribution in [3.8, 4) is 0 Å². The molecule has 0 saturated carbocycles. The van der Waals surface area contributed by atoms with Gasteiger partial charge in [0.1, 0.15) is 0 Å². The number of pyridine rings is 1. The van der Waals surface area contributed by atoms with E-state index in [1.165, 1.54) is 0 Å². The van der Waals surface area contributed by atoms with Gasteiger partial charge in [-0.3, -0.25) is 9.78 Å². The number of carbonyl (C=O) groups excluding carboxylic acids is 1. The van der Waals surface area contributed by atoms with Gasteiger partial charge in [-0.1, -0.05) is 35.9 Å². The highest BCUT2D eigenvalue weighted by molar-refractivity contribution is 7.09. The van der Waals surface area contributed by atoms with E-state index in [1.807, 2.05) is 47.7 Å². The van der Waals surface area contributed by atoms with Crippen LogP contribution in [0.4, 0.5) is 0 Å². The predicted octanol–water partition coefficient (Wildman–Crippen LogP) is 5.39. The van der Waals surface area contributed by atoms with Crippen LogP contribution in [0.1, 0.15) is 52.8 Å². The van der Waals surface area contributed by atoms with Crippen molar-refractivity contribution in [1.29, 1.82) is 0 Å². The number of nitrogens with zero attached hydrogens (tertiary/aromatic N) is 3. The second kappa shape index (κ2) is 9.06. The molecule has 0 aliphatic carbocycles. The summed E-state index contributed by atoms with van der Waals surface area (Å²) in [7, 11) is 0. The zero-order valence-corrected chi connectivity index (χ0v) is 18.0. The van der Waals surface area contributed by atoms with Crippen LogP contribution in [-0.4, -0.2) is 27.3 Å². The Labute approximate surface area is 180 Å². The fourth-order valence-electron chi connectivity index (χ4n) is 3.90. The Morgan fingerprint density at radius 3 is 2.79 bits per heavy atom. The van der Waals surface area contributed by atoms with Crippen LogP contribution in [0.5, 0.6) is 0 Å². The number of amides is 1. The summed E-state index contributed by atoms with van der Waals surface area (Å²) >= 11 is 7.86. The number of rotatable bonds is 5. The second-order valence-electron chi connectivity index (χ2n) is 7.48. The average molecular weight is 426 g/mol. The summed E-state index contributed by atoms with van der Waals surface area (Å²) in [6.45, 7) is 2.77. The number of carbonyl (C=O) groups is 1. The summed E-state index contributed by atoms with van der Waals surface area (Å²) in [6.07, 6.45) is 6.17. The highest BCUT2D eigenvalue weighted by Gasteiger charge is 2.28. The number of hydrogen-bond acceptors (Lipinski definition) is 4. The lowest BCUT2D eigenvalue weighted by Gasteiger charge is -2.36. The molecule has 0 bridgehead atoms. The molecule has 29 heavy (non-hydrogen) atoms. The summed E-state index contributed by atoms with van der Waals surface area (Å²) in [5, 5.41) is 3.75. The summed E-state index contributed by atoms with van der Waals surface area (Å²) in [4.78, 5) is 24.1. The minimum absolute atomic E-state index is 0.0952. The van der Waals surface area contributed by atoms with Crippen LogP contribution in [0.2, 0.25) is 5.02 Å². The maximum atomic E-state index is 13.0. The first-order valence-electron chi connectivity index (χ1n) is 9.99. The number of aromatic nitrogens is 2. The molecular weight excluding hydrogens is 402 g/mol. The van der Waals surface area contributed by atoms with Crippen LogP contribution in [-0.2, 0) is 17.6 Å². The maximum Gasteiger partial charge on any atom is 0.229 e. The van der Waals surface area contributed by atoms with E-state index >= 15 is 0 Å². The highest BCUT2D eigenvalue weighted by Crippen LogP contribution is 2.31. The van der Waals surface area contributed by atoms with Crippen molar-refractivity contribution in [2.45, 2.75) is 45.1 Å². The van der Waals surface area contributed by atoms with E-state index in [0.29, 0.717) is 12.8 Å². The largest absolute Gasteiger partial charge is 0.335 e. The van der Waals surface area contributed by atoms with Crippen LogP contribution in [0, 0.1) is 6.92 Å². The van der Waals surface area contributed by atoms with E-state index in [1.54, 1.807) is 11.3 Å². The fraction of sp³-hybridized carbons (Fsp3) is 0.348. The molecule has 1 saturated heterocycles. The maximum absolute atomic E-state index is 13.0. The van der Waals surface area contributed by atoms with Gasteiger partial charge in [0.25, 0.3) is 0 Å². The summed E-state index contributed by atoms with van der Waals surface area (Å²) in [6, 6.07) is 12.1. The van der Waals surface area contributed by atoms with Crippen LogP contribution >= 0.6 is 22.9 Å². The van der Waals surface area contributed by atoms with Crippen molar-refractivity contribution in [1.82, 2.24) is 14.9 Å². The molecule has 150 valence electrons. The van der Waals surface area contributed by atoms with E-state index in [4.69, 9.17) is 11.6 Å². The van der Waals surface area contributed by atoms with Crippen molar-refractivity contribution >= 4 is 28.8 Å². The Balaban J connectivity index is 1.48. The van der Waals surface area contributed by atoms with E-state index in [0.717, 1.165) is 58.4 Å². The Kier molecular flexibility index (Phi) is 6.26. The van der Waals surface area contributed by atoms with Gasteiger partial charge >= 0.3 is 0 Å². The average Bonchev–Trinajstić information content (AvgIpc) is 3.15. The molecule has 6 heteroatoms. The number of hydrogen-bond donors (Lipinski definition) is 0. The number of aryl methyl sites for hydroxylation is 1. The Hall–Kier alpha value is -2.24. The van der Waals surface area contributed by atoms with Crippen LogP contribution in [0.15, 0.2) is 48.0 Å². The molecule has 0 N–H and O–H groups in total. The molecule has 1 aliphatic rings.